The monoisotopic (exact) mass is 244 g/mol. The third-order valence-corrected chi connectivity index (χ3v) is 4.11. The molecule has 0 aromatic carbocycles. The summed E-state index contributed by atoms with van der Waals surface area (Å²) in [6, 6.07) is 3.98. The van der Waals surface area contributed by atoms with Crippen LogP contribution in [0, 0.1) is 12.3 Å². The summed E-state index contributed by atoms with van der Waals surface area (Å²) in [6.45, 7) is 5.29. The maximum Gasteiger partial charge on any atom is 0.202 e. The van der Waals surface area contributed by atoms with Crippen molar-refractivity contribution in [2.75, 3.05) is 5.73 Å². The Morgan fingerprint density at radius 1 is 1.28 bits per heavy atom. The van der Waals surface area contributed by atoms with Gasteiger partial charge in [0.1, 0.15) is 5.52 Å². The maximum absolute atomic E-state index is 6.05. The number of imidazole rings is 1. The van der Waals surface area contributed by atoms with Gasteiger partial charge in [-0.3, -0.25) is 4.57 Å². The van der Waals surface area contributed by atoms with Crippen LogP contribution in [0.2, 0.25) is 0 Å². The van der Waals surface area contributed by atoms with Gasteiger partial charge in [-0.05, 0) is 37.3 Å². The molecule has 0 aliphatic heterocycles. The fraction of sp³-hybridized carbons (Fsp3) is 0.571. The van der Waals surface area contributed by atoms with E-state index in [9.17, 15) is 0 Å². The number of anilines is 1. The van der Waals surface area contributed by atoms with E-state index in [1.807, 2.05) is 19.1 Å². The Kier molecular flexibility index (Phi) is 2.54. The molecule has 2 N–H and O–H groups in total. The first kappa shape index (κ1) is 11.5. The zero-order valence-electron chi connectivity index (χ0n) is 11.1. The molecule has 1 aliphatic carbocycles. The summed E-state index contributed by atoms with van der Waals surface area (Å²) in [6.07, 6.45) is 5.21. The fourth-order valence-electron chi connectivity index (χ4n) is 3.04. The van der Waals surface area contributed by atoms with Crippen LogP contribution in [-0.4, -0.2) is 14.5 Å². The Morgan fingerprint density at radius 3 is 2.72 bits per heavy atom. The maximum atomic E-state index is 6.05. The molecule has 2 heterocycles. The van der Waals surface area contributed by atoms with Crippen molar-refractivity contribution in [1.29, 1.82) is 0 Å². The van der Waals surface area contributed by atoms with Crippen molar-refractivity contribution in [3.05, 3.63) is 17.8 Å². The van der Waals surface area contributed by atoms with Gasteiger partial charge in [0.2, 0.25) is 5.95 Å². The number of aromatic nitrogens is 3. The molecule has 0 unspecified atom stereocenters. The second kappa shape index (κ2) is 3.97. The van der Waals surface area contributed by atoms with Gasteiger partial charge in [0.25, 0.3) is 0 Å². The minimum absolute atomic E-state index is 0.354. The minimum Gasteiger partial charge on any atom is -0.369 e. The van der Waals surface area contributed by atoms with Crippen molar-refractivity contribution >= 4 is 17.1 Å². The number of nitrogen functional groups attached to an aromatic ring is 1. The van der Waals surface area contributed by atoms with E-state index in [0.29, 0.717) is 11.4 Å². The lowest BCUT2D eigenvalue weighted by Gasteiger charge is -2.24. The molecule has 1 saturated carbocycles. The van der Waals surface area contributed by atoms with E-state index in [4.69, 9.17) is 5.73 Å². The zero-order valence-corrected chi connectivity index (χ0v) is 11.1. The molecule has 0 amide bonds. The molecule has 0 radical (unpaired) electrons. The van der Waals surface area contributed by atoms with Gasteiger partial charge in [0, 0.05) is 12.2 Å². The number of nitrogens with zero attached hydrogens (tertiary/aromatic N) is 3. The van der Waals surface area contributed by atoms with Crippen LogP contribution < -0.4 is 5.73 Å². The molecule has 2 aromatic rings. The Bertz CT molecular complexity index is 579. The van der Waals surface area contributed by atoms with Crippen LogP contribution in [0.4, 0.5) is 5.95 Å². The van der Waals surface area contributed by atoms with E-state index >= 15 is 0 Å². The van der Waals surface area contributed by atoms with E-state index in [1.165, 1.54) is 25.7 Å². The third-order valence-electron chi connectivity index (χ3n) is 4.11. The Morgan fingerprint density at radius 2 is 2.00 bits per heavy atom. The van der Waals surface area contributed by atoms with Crippen LogP contribution in [0.5, 0.6) is 0 Å². The normalized spacial score (nSPS) is 18.6. The summed E-state index contributed by atoms with van der Waals surface area (Å²) in [5.41, 5.74) is 9.25. The fourth-order valence-corrected chi connectivity index (χ4v) is 3.04. The topological polar surface area (TPSA) is 56.7 Å². The van der Waals surface area contributed by atoms with E-state index in [-0.39, 0.29) is 0 Å². The first-order chi connectivity index (χ1) is 8.57. The lowest BCUT2D eigenvalue weighted by molar-refractivity contribution is 0.286. The molecule has 0 spiro atoms. The summed E-state index contributed by atoms with van der Waals surface area (Å²) in [5, 5.41) is 0. The number of pyridine rings is 1. The van der Waals surface area contributed by atoms with Gasteiger partial charge < -0.3 is 5.73 Å². The predicted molar refractivity (Wildman–Crippen MR) is 73.3 cm³/mol. The van der Waals surface area contributed by atoms with Crippen molar-refractivity contribution in [2.45, 2.75) is 46.1 Å². The molecule has 18 heavy (non-hydrogen) atoms. The zero-order chi connectivity index (χ0) is 12.8. The van der Waals surface area contributed by atoms with Crippen molar-refractivity contribution < 1.29 is 0 Å². The molecular formula is C14H20N4. The molecule has 3 rings (SSSR count). The molecule has 96 valence electrons. The molecular weight excluding hydrogens is 224 g/mol. The summed E-state index contributed by atoms with van der Waals surface area (Å²) in [4.78, 5) is 9.00. The SMILES string of the molecule is Cc1ccc2nc(N)n(CC3(C)CCCC3)c2n1. The number of fused-ring (bicyclic) bond motifs is 1. The lowest BCUT2D eigenvalue weighted by Crippen LogP contribution is -2.21. The molecule has 4 nitrogen and oxygen atoms in total. The second-order valence-electron chi connectivity index (χ2n) is 5.87. The standard InChI is InChI=1S/C14H20N4/c1-10-5-6-11-12(16-10)18(13(15)17-11)9-14(2)7-3-4-8-14/h5-6H,3-4,7-9H2,1-2H3,(H2,15,17). The van der Waals surface area contributed by atoms with Crippen LogP contribution in [0.25, 0.3) is 11.2 Å². The van der Waals surface area contributed by atoms with Gasteiger partial charge >= 0.3 is 0 Å². The van der Waals surface area contributed by atoms with Crippen LogP contribution in [0.15, 0.2) is 12.1 Å². The van der Waals surface area contributed by atoms with Crippen molar-refractivity contribution in [2.24, 2.45) is 5.41 Å². The number of hydrogen-bond donors (Lipinski definition) is 1. The van der Waals surface area contributed by atoms with E-state index in [0.717, 1.165) is 23.4 Å². The predicted octanol–water partition coefficient (Wildman–Crippen LogP) is 2.90. The van der Waals surface area contributed by atoms with Crippen molar-refractivity contribution in [3.8, 4) is 0 Å². The molecule has 0 bridgehead atoms. The quantitative estimate of drug-likeness (QED) is 0.883. The molecule has 0 atom stereocenters. The molecule has 2 aromatic heterocycles. The highest BCUT2D eigenvalue weighted by Crippen LogP contribution is 2.39. The van der Waals surface area contributed by atoms with Crippen LogP contribution in [0.1, 0.15) is 38.3 Å². The van der Waals surface area contributed by atoms with Gasteiger partial charge in [-0.2, -0.15) is 0 Å². The average molecular weight is 244 g/mol. The lowest BCUT2D eigenvalue weighted by atomic mass is 9.89. The van der Waals surface area contributed by atoms with Crippen LogP contribution in [0.3, 0.4) is 0 Å². The highest BCUT2D eigenvalue weighted by molar-refractivity contribution is 5.74. The summed E-state index contributed by atoms with van der Waals surface area (Å²) in [5.74, 6) is 0.594. The van der Waals surface area contributed by atoms with Crippen LogP contribution >= 0.6 is 0 Å². The molecule has 1 aliphatic rings. The number of nitrogens with two attached hydrogens (primary N) is 1. The smallest absolute Gasteiger partial charge is 0.202 e. The molecule has 1 fully saturated rings. The largest absolute Gasteiger partial charge is 0.369 e. The summed E-state index contributed by atoms with van der Waals surface area (Å²) in [7, 11) is 0. The number of aryl methyl sites for hydroxylation is 1. The Labute approximate surface area is 107 Å². The molecule has 4 heteroatoms. The van der Waals surface area contributed by atoms with E-state index in [1.54, 1.807) is 0 Å². The van der Waals surface area contributed by atoms with Crippen LogP contribution in [-0.2, 0) is 6.54 Å². The van der Waals surface area contributed by atoms with Gasteiger partial charge in [-0.1, -0.05) is 19.8 Å². The van der Waals surface area contributed by atoms with E-state index in [2.05, 4.69) is 21.5 Å². The number of hydrogen-bond acceptors (Lipinski definition) is 3. The Balaban J connectivity index is 2.05. The van der Waals surface area contributed by atoms with Crippen molar-refractivity contribution in [1.82, 2.24) is 14.5 Å². The first-order valence-corrected chi connectivity index (χ1v) is 6.67. The summed E-state index contributed by atoms with van der Waals surface area (Å²) >= 11 is 0. The second-order valence-corrected chi connectivity index (χ2v) is 5.87. The highest BCUT2D eigenvalue weighted by Gasteiger charge is 2.30. The third kappa shape index (κ3) is 1.85. The van der Waals surface area contributed by atoms with Crippen molar-refractivity contribution in [3.63, 3.8) is 0 Å². The van der Waals surface area contributed by atoms with E-state index < -0.39 is 0 Å². The first-order valence-electron chi connectivity index (χ1n) is 6.67. The minimum atomic E-state index is 0.354. The van der Waals surface area contributed by atoms with Gasteiger partial charge in [0.05, 0.1) is 0 Å². The summed E-state index contributed by atoms with van der Waals surface area (Å²) < 4.78 is 2.09. The average Bonchev–Trinajstić information content (AvgIpc) is 2.86. The highest BCUT2D eigenvalue weighted by atomic mass is 15.2. The molecule has 0 saturated heterocycles. The van der Waals surface area contributed by atoms with Gasteiger partial charge in [-0.25, -0.2) is 9.97 Å². The Hall–Kier alpha value is -1.58. The van der Waals surface area contributed by atoms with Gasteiger partial charge in [0.15, 0.2) is 5.65 Å². The number of rotatable bonds is 2. The van der Waals surface area contributed by atoms with Gasteiger partial charge in [-0.15, -0.1) is 0 Å².